The number of primary amides is 1. The molecule has 110 valence electrons. The van der Waals surface area contributed by atoms with E-state index in [0.29, 0.717) is 10.3 Å². The molecule has 0 atom stereocenters. The minimum atomic E-state index is -0.915. The number of hydrogen-bond acceptors (Lipinski definition) is 5. The first-order valence-electron chi connectivity index (χ1n) is 6.21. The Labute approximate surface area is 119 Å². The SMILES string of the molecule is CC(C)n1cc(-c2cn(O)c(=N)c(C(N)=O)n2)ccc1=O. The second kappa shape index (κ2) is 5.23. The highest BCUT2D eigenvalue weighted by atomic mass is 16.5. The van der Waals surface area contributed by atoms with Crippen molar-refractivity contribution >= 4 is 5.91 Å². The van der Waals surface area contributed by atoms with Crippen LogP contribution in [-0.2, 0) is 0 Å². The zero-order valence-corrected chi connectivity index (χ0v) is 11.6. The third-order valence-electron chi connectivity index (χ3n) is 2.95. The number of aromatic nitrogens is 3. The molecule has 21 heavy (non-hydrogen) atoms. The Morgan fingerprint density at radius 2 is 2.05 bits per heavy atom. The van der Waals surface area contributed by atoms with Crippen molar-refractivity contribution in [2.45, 2.75) is 19.9 Å². The lowest BCUT2D eigenvalue weighted by Crippen LogP contribution is -2.30. The second-order valence-corrected chi connectivity index (χ2v) is 4.79. The number of hydrogen-bond donors (Lipinski definition) is 3. The van der Waals surface area contributed by atoms with Gasteiger partial charge in [-0.3, -0.25) is 15.0 Å². The van der Waals surface area contributed by atoms with Crippen molar-refractivity contribution in [3.8, 4) is 11.3 Å². The van der Waals surface area contributed by atoms with E-state index in [1.807, 2.05) is 13.8 Å². The average molecular weight is 289 g/mol. The summed E-state index contributed by atoms with van der Waals surface area (Å²) in [6, 6.07) is 2.85. The van der Waals surface area contributed by atoms with Gasteiger partial charge in [0.15, 0.2) is 11.2 Å². The lowest BCUT2D eigenvalue weighted by Gasteiger charge is -2.12. The van der Waals surface area contributed by atoms with Crippen LogP contribution in [0.5, 0.6) is 0 Å². The van der Waals surface area contributed by atoms with Crippen LogP contribution in [-0.4, -0.2) is 25.4 Å². The highest BCUT2D eigenvalue weighted by Crippen LogP contribution is 2.15. The third kappa shape index (κ3) is 2.69. The van der Waals surface area contributed by atoms with Gasteiger partial charge in [-0.1, -0.05) is 0 Å². The van der Waals surface area contributed by atoms with Crippen LogP contribution >= 0.6 is 0 Å². The third-order valence-corrected chi connectivity index (χ3v) is 2.95. The van der Waals surface area contributed by atoms with E-state index < -0.39 is 11.4 Å². The van der Waals surface area contributed by atoms with Crippen LogP contribution in [0, 0.1) is 5.41 Å². The van der Waals surface area contributed by atoms with E-state index in [1.165, 1.54) is 22.9 Å². The smallest absolute Gasteiger partial charge is 0.271 e. The van der Waals surface area contributed by atoms with Crippen molar-refractivity contribution in [1.29, 1.82) is 5.41 Å². The summed E-state index contributed by atoms with van der Waals surface area (Å²) < 4.78 is 1.96. The van der Waals surface area contributed by atoms with E-state index in [4.69, 9.17) is 11.1 Å². The van der Waals surface area contributed by atoms with E-state index in [9.17, 15) is 14.8 Å². The standard InChI is InChI=1S/C13H15N5O3/c1-7(2)17-5-8(3-4-10(17)19)9-6-18(21)12(14)11(16-9)13(15)20/h3-7,14,21H,1-2H3,(H2,15,20). The molecule has 8 heteroatoms. The molecule has 0 unspecified atom stereocenters. The summed E-state index contributed by atoms with van der Waals surface area (Å²) in [6.07, 6.45) is 2.75. The van der Waals surface area contributed by atoms with Crippen LogP contribution in [0.4, 0.5) is 0 Å². The Morgan fingerprint density at radius 1 is 1.38 bits per heavy atom. The van der Waals surface area contributed by atoms with Gasteiger partial charge in [0, 0.05) is 23.9 Å². The molecule has 1 amide bonds. The molecule has 0 saturated heterocycles. The Kier molecular flexibility index (Phi) is 3.62. The van der Waals surface area contributed by atoms with E-state index in [2.05, 4.69) is 4.98 Å². The maximum Gasteiger partial charge on any atom is 0.271 e. The number of pyridine rings is 1. The van der Waals surface area contributed by atoms with Gasteiger partial charge in [0.25, 0.3) is 11.5 Å². The molecular formula is C13H15N5O3. The molecule has 0 fully saturated rings. The van der Waals surface area contributed by atoms with Crippen LogP contribution in [0.1, 0.15) is 30.4 Å². The Hall–Kier alpha value is -2.90. The Balaban J connectivity index is 2.68. The zero-order chi connectivity index (χ0) is 15.7. The van der Waals surface area contributed by atoms with Gasteiger partial charge in [-0.25, -0.2) is 4.98 Å². The van der Waals surface area contributed by atoms with Gasteiger partial charge in [0.05, 0.1) is 11.9 Å². The molecule has 0 aliphatic heterocycles. The molecule has 0 aliphatic carbocycles. The highest BCUT2D eigenvalue weighted by molar-refractivity contribution is 5.90. The summed E-state index contributed by atoms with van der Waals surface area (Å²) in [6.45, 7) is 3.71. The van der Waals surface area contributed by atoms with Gasteiger partial charge in [0.1, 0.15) is 0 Å². The molecule has 0 spiro atoms. The topological polar surface area (TPSA) is 127 Å². The van der Waals surface area contributed by atoms with E-state index >= 15 is 0 Å². The van der Waals surface area contributed by atoms with Crippen molar-refractivity contribution in [1.82, 2.24) is 14.3 Å². The second-order valence-electron chi connectivity index (χ2n) is 4.79. The number of rotatable bonds is 3. The van der Waals surface area contributed by atoms with Crippen molar-refractivity contribution in [2.75, 3.05) is 0 Å². The molecule has 0 saturated carbocycles. The van der Waals surface area contributed by atoms with Gasteiger partial charge in [-0.15, -0.1) is 0 Å². The van der Waals surface area contributed by atoms with Crippen molar-refractivity contribution in [3.05, 3.63) is 46.1 Å². The molecule has 2 aromatic heterocycles. The molecule has 8 nitrogen and oxygen atoms in total. The van der Waals surface area contributed by atoms with Gasteiger partial charge in [-0.2, -0.15) is 4.73 Å². The summed E-state index contributed by atoms with van der Waals surface area (Å²) in [7, 11) is 0. The van der Waals surface area contributed by atoms with Gasteiger partial charge < -0.3 is 15.5 Å². The fourth-order valence-corrected chi connectivity index (χ4v) is 1.86. The summed E-state index contributed by atoms with van der Waals surface area (Å²) in [5, 5.41) is 17.2. The van der Waals surface area contributed by atoms with Crippen LogP contribution in [0.25, 0.3) is 11.3 Å². The molecule has 0 aliphatic rings. The fourth-order valence-electron chi connectivity index (χ4n) is 1.86. The Morgan fingerprint density at radius 3 is 2.62 bits per heavy atom. The van der Waals surface area contributed by atoms with Gasteiger partial charge in [0.2, 0.25) is 0 Å². The van der Waals surface area contributed by atoms with Crippen LogP contribution in [0.15, 0.2) is 29.3 Å². The fraction of sp³-hybridized carbons (Fsp3) is 0.231. The Bertz CT molecular complexity index is 819. The minimum Gasteiger partial charge on any atom is -0.427 e. The quantitative estimate of drug-likeness (QED) is 0.693. The number of nitrogens with two attached hydrogens (primary N) is 1. The number of amides is 1. The number of carbonyl (C=O) groups excluding carboxylic acids is 1. The lowest BCUT2D eigenvalue weighted by atomic mass is 10.2. The van der Waals surface area contributed by atoms with E-state index in [-0.39, 0.29) is 23.0 Å². The summed E-state index contributed by atoms with van der Waals surface area (Å²) in [4.78, 5) is 26.9. The van der Waals surface area contributed by atoms with Crippen LogP contribution < -0.4 is 16.8 Å². The predicted octanol–water partition coefficient (Wildman–Crippen LogP) is 0.108. The monoisotopic (exact) mass is 289 g/mol. The molecule has 0 bridgehead atoms. The largest absolute Gasteiger partial charge is 0.427 e. The number of nitrogens with one attached hydrogen (secondary N) is 1. The minimum absolute atomic E-state index is 0.0511. The molecular weight excluding hydrogens is 274 g/mol. The summed E-state index contributed by atoms with van der Waals surface area (Å²) >= 11 is 0. The number of carbonyl (C=O) groups is 1. The maximum absolute atomic E-state index is 11.7. The average Bonchev–Trinajstić information content (AvgIpc) is 2.41. The van der Waals surface area contributed by atoms with Crippen molar-refractivity contribution in [3.63, 3.8) is 0 Å². The van der Waals surface area contributed by atoms with Crippen LogP contribution in [0.2, 0.25) is 0 Å². The first-order valence-corrected chi connectivity index (χ1v) is 6.21. The summed E-state index contributed by atoms with van der Waals surface area (Å²) in [5.74, 6) is -0.915. The molecule has 2 aromatic rings. The van der Waals surface area contributed by atoms with Crippen LogP contribution in [0.3, 0.4) is 0 Å². The molecule has 2 rings (SSSR count). The first kappa shape index (κ1) is 14.5. The molecule has 4 N–H and O–H groups in total. The number of nitrogens with zero attached hydrogens (tertiary/aromatic N) is 3. The lowest BCUT2D eigenvalue weighted by molar-refractivity contribution is 0.0983. The summed E-state index contributed by atoms with van der Waals surface area (Å²) in [5.41, 5.74) is 4.87. The molecule has 2 heterocycles. The molecule has 0 aromatic carbocycles. The van der Waals surface area contributed by atoms with E-state index in [1.54, 1.807) is 6.20 Å². The van der Waals surface area contributed by atoms with Gasteiger partial charge >= 0.3 is 0 Å². The van der Waals surface area contributed by atoms with Gasteiger partial charge in [-0.05, 0) is 19.9 Å². The normalized spacial score (nSPS) is 10.8. The predicted molar refractivity (Wildman–Crippen MR) is 73.9 cm³/mol. The van der Waals surface area contributed by atoms with Crippen molar-refractivity contribution in [2.24, 2.45) is 5.73 Å². The zero-order valence-electron chi connectivity index (χ0n) is 11.6. The molecule has 0 radical (unpaired) electrons. The van der Waals surface area contributed by atoms with E-state index in [0.717, 1.165) is 0 Å². The maximum atomic E-state index is 11.7. The highest BCUT2D eigenvalue weighted by Gasteiger charge is 2.13. The van der Waals surface area contributed by atoms with Crippen molar-refractivity contribution < 1.29 is 10.0 Å². The first-order chi connectivity index (χ1) is 9.81.